The molecule has 2 heterocycles. The largest absolute Gasteiger partial charge is 0.372 e. The molecule has 7 atom stereocenters. The predicted molar refractivity (Wildman–Crippen MR) is 246 cm³/mol. The zero-order valence-corrected chi connectivity index (χ0v) is 38.4. The van der Waals surface area contributed by atoms with E-state index in [4.69, 9.17) is 37.9 Å². The Bertz CT molecular complexity index is 1400. The first-order valence-corrected chi connectivity index (χ1v) is 25.3. The van der Waals surface area contributed by atoms with Gasteiger partial charge in [0, 0.05) is 21.3 Å². The summed E-state index contributed by atoms with van der Waals surface area (Å²) in [5.74, 6) is 0. The van der Waals surface area contributed by atoms with Crippen LogP contribution in [0.2, 0.25) is 0 Å². The van der Waals surface area contributed by atoms with Crippen LogP contribution in [0.3, 0.4) is 0 Å². The monoisotopic (exact) mass is 850 g/mol. The van der Waals surface area contributed by atoms with E-state index in [9.17, 15) is 0 Å². The number of ether oxygens (including phenoxy) is 8. The van der Waals surface area contributed by atoms with Crippen LogP contribution in [-0.2, 0) is 37.9 Å². The van der Waals surface area contributed by atoms with Gasteiger partial charge in [0.05, 0.1) is 48.9 Å². The average molecular weight is 850 g/mol. The summed E-state index contributed by atoms with van der Waals surface area (Å²) in [6.45, 7) is 3.02. The third kappa shape index (κ3) is 15.2. The molecule has 2 aliphatic rings. The van der Waals surface area contributed by atoms with Crippen molar-refractivity contribution in [3.8, 4) is 0 Å². The van der Waals surface area contributed by atoms with E-state index >= 15 is 0 Å². The van der Waals surface area contributed by atoms with Crippen LogP contribution in [0.4, 0.5) is 0 Å². The summed E-state index contributed by atoms with van der Waals surface area (Å²) in [6, 6.07) is 33.6. The van der Waals surface area contributed by atoms with Crippen molar-refractivity contribution < 1.29 is 37.9 Å². The Kier molecular flexibility index (Phi) is 23.1. The van der Waals surface area contributed by atoms with E-state index in [0.717, 1.165) is 76.8 Å². The molecule has 2 fully saturated rings. The lowest BCUT2D eigenvalue weighted by atomic mass is 9.98. The van der Waals surface area contributed by atoms with E-state index < -0.39 is 7.26 Å². The van der Waals surface area contributed by atoms with Crippen LogP contribution in [0.25, 0.3) is 0 Å². The zero-order chi connectivity index (χ0) is 42.1. The van der Waals surface area contributed by atoms with Gasteiger partial charge in [0.15, 0.2) is 0 Å². The SMILES string of the molecule is CCCCCCCCCC[C@@H](OCOC)[C@H]1CC[C@H]([C@@H](CC[C@H](OCOC)[C@@H]2CC[C@@H](CCCC[P+](c3ccccc3)(c3ccccc3)c3ccccc3)O2)OCOC)O1. The van der Waals surface area contributed by atoms with Crippen molar-refractivity contribution in [1.82, 2.24) is 0 Å². The smallest absolute Gasteiger partial charge is 0.146 e. The maximum atomic E-state index is 6.81. The highest BCUT2D eigenvalue weighted by atomic mass is 31.2. The second kappa shape index (κ2) is 28.5. The van der Waals surface area contributed by atoms with Gasteiger partial charge in [0.1, 0.15) is 43.6 Å². The molecule has 0 unspecified atom stereocenters. The maximum absolute atomic E-state index is 6.81. The third-order valence-corrected chi connectivity index (χ3v) is 17.1. The Labute approximate surface area is 364 Å². The summed E-state index contributed by atoms with van der Waals surface area (Å²) >= 11 is 0. The Morgan fingerprint density at radius 1 is 0.483 bits per heavy atom. The molecule has 2 saturated heterocycles. The Morgan fingerprint density at radius 3 is 1.37 bits per heavy atom. The minimum absolute atomic E-state index is 0.0213. The first kappa shape index (κ1) is 48.8. The van der Waals surface area contributed by atoms with Gasteiger partial charge in [0.25, 0.3) is 0 Å². The third-order valence-electron chi connectivity index (χ3n) is 12.6. The molecule has 9 heteroatoms. The van der Waals surface area contributed by atoms with Gasteiger partial charge in [0.2, 0.25) is 0 Å². The van der Waals surface area contributed by atoms with Gasteiger partial charge >= 0.3 is 0 Å². The lowest BCUT2D eigenvalue weighted by molar-refractivity contribution is -0.165. The number of hydrogen-bond donors (Lipinski definition) is 0. The topological polar surface area (TPSA) is 73.8 Å². The van der Waals surface area contributed by atoms with E-state index in [2.05, 4.69) is 97.9 Å². The molecule has 0 amide bonds. The van der Waals surface area contributed by atoms with E-state index in [1.54, 1.807) is 21.3 Å². The minimum atomic E-state index is -1.84. The van der Waals surface area contributed by atoms with Gasteiger partial charge < -0.3 is 37.9 Å². The molecular weight excluding hydrogens is 772 g/mol. The molecule has 0 N–H and O–H groups in total. The van der Waals surface area contributed by atoms with Crippen molar-refractivity contribution in [1.29, 1.82) is 0 Å². The van der Waals surface area contributed by atoms with Crippen LogP contribution in [0.5, 0.6) is 0 Å². The van der Waals surface area contributed by atoms with Gasteiger partial charge in [-0.15, -0.1) is 0 Å². The molecule has 334 valence electrons. The number of rotatable bonds is 32. The number of unbranched alkanes of at least 4 members (excludes halogenated alkanes) is 8. The maximum Gasteiger partial charge on any atom is 0.146 e. The van der Waals surface area contributed by atoms with Gasteiger partial charge in [-0.3, -0.25) is 0 Å². The lowest BCUT2D eigenvalue weighted by Gasteiger charge is -2.29. The molecule has 60 heavy (non-hydrogen) atoms. The van der Waals surface area contributed by atoms with Crippen molar-refractivity contribution in [2.24, 2.45) is 0 Å². The summed E-state index contributed by atoms with van der Waals surface area (Å²) in [5.41, 5.74) is 0. The number of methoxy groups -OCH3 is 3. The molecule has 2 aliphatic heterocycles. The van der Waals surface area contributed by atoms with Crippen molar-refractivity contribution in [3.63, 3.8) is 0 Å². The van der Waals surface area contributed by atoms with Crippen LogP contribution >= 0.6 is 7.26 Å². The van der Waals surface area contributed by atoms with Crippen molar-refractivity contribution in [3.05, 3.63) is 91.0 Å². The molecule has 0 radical (unpaired) electrons. The lowest BCUT2D eigenvalue weighted by Crippen LogP contribution is -2.37. The van der Waals surface area contributed by atoms with Crippen LogP contribution in [0, 0.1) is 0 Å². The molecule has 0 spiro atoms. The molecule has 8 nitrogen and oxygen atoms in total. The first-order valence-electron chi connectivity index (χ1n) is 23.3. The second-order valence-corrected chi connectivity index (χ2v) is 20.5. The summed E-state index contributed by atoms with van der Waals surface area (Å²) in [5, 5.41) is 4.34. The summed E-state index contributed by atoms with van der Waals surface area (Å²) < 4.78 is 48.6. The van der Waals surface area contributed by atoms with Crippen LogP contribution in [0.1, 0.15) is 122 Å². The zero-order valence-electron chi connectivity index (χ0n) is 37.5. The van der Waals surface area contributed by atoms with Crippen LogP contribution in [-0.4, -0.2) is 90.6 Å². The minimum Gasteiger partial charge on any atom is -0.372 e. The fourth-order valence-corrected chi connectivity index (χ4v) is 13.9. The highest BCUT2D eigenvalue weighted by Gasteiger charge is 2.45. The van der Waals surface area contributed by atoms with Gasteiger partial charge in [-0.2, -0.15) is 0 Å². The predicted octanol–water partition coefficient (Wildman–Crippen LogP) is 10.5. The molecule has 0 saturated carbocycles. The summed E-state index contributed by atoms with van der Waals surface area (Å²) in [4.78, 5) is 0. The number of hydrogen-bond acceptors (Lipinski definition) is 8. The van der Waals surface area contributed by atoms with Crippen molar-refractivity contribution in [2.75, 3.05) is 47.9 Å². The normalized spacial score (nSPS) is 21.0. The molecule has 5 rings (SSSR count). The summed E-state index contributed by atoms with van der Waals surface area (Å²) in [7, 11) is 3.22. The van der Waals surface area contributed by atoms with E-state index in [0.29, 0.717) is 0 Å². The van der Waals surface area contributed by atoms with Crippen LogP contribution < -0.4 is 15.9 Å². The molecule has 3 aromatic carbocycles. The van der Waals surface area contributed by atoms with Gasteiger partial charge in [-0.25, -0.2) is 0 Å². The Morgan fingerprint density at radius 2 is 0.900 bits per heavy atom. The van der Waals surface area contributed by atoms with Crippen molar-refractivity contribution in [2.45, 2.75) is 165 Å². The first-order chi connectivity index (χ1) is 29.6. The fraction of sp³-hybridized carbons (Fsp3) is 0.647. The van der Waals surface area contributed by atoms with Gasteiger partial charge in [-0.1, -0.05) is 113 Å². The quantitative estimate of drug-likeness (QED) is 0.0349. The Hall–Kier alpha value is -2.23. The van der Waals surface area contributed by atoms with Crippen molar-refractivity contribution >= 4 is 23.2 Å². The average Bonchev–Trinajstić information content (AvgIpc) is 3.99. The second-order valence-electron chi connectivity index (χ2n) is 16.9. The molecule has 3 aromatic rings. The Balaban J connectivity index is 1.14. The molecule has 0 aromatic heterocycles. The highest BCUT2D eigenvalue weighted by molar-refractivity contribution is 7.95. The van der Waals surface area contributed by atoms with E-state index in [1.807, 2.05) is 0 Å². The van der Waals surface area contributed by atoms with Crippen LogP contribution in [0.15, 0.2) is 91.0 Å². The summed E-state index contributed by atoms with van der Waals surface area (Å²) in [6.07, 6.45) is 21.3. The fourth-order valence-electron chi connectivity index (χ4n) is 9.46. The van der Waals surface area contributed by atoms with E-state index in [1.165, 1.54) is 60.9 Å². The standard InChI is InChI=1S/C51H78O8P/c1-5-6-7-8-9-10-11-21-31-46(55-39-52-2)50-36-37-51(59-50)48(57-41-54-4)35-34-47(56-40-53-3)49-33-32-42(58-49)24-22-23-38-60(43-25-15-12-16-26-43,44-27-17-13-18-28-44)45-29-19-14-20-30-45/h12-20,25-30,42,46-51H,5-11,21-24,31-41H2,1-4H3/q+1/t42-,46-,47+,48-,49+,50-,51-/m1/s1. The van der Waals surface area contributed by atoms with E-state index in [-0.39, 0.29) is 63.1 Å². The highest BCUT2D eigenvalue weighted by Crippen LogP contribution is 2.56. The molecular formula is C51H78O8P+. The molecule has 0 aliphatic carbocycles. The molecule has 0 bridgehead atoms. The van der Waals surface area contributed by atoms with Gasteiger partial charge in [-0.05, 0) is 101 Å². The number of benzene rings is 3.